The molecule has 0 atom stereocenters. The van der Waals surface area contributed by atoms with Gasteiger partial charge in [-0.3, -0.25) is 4.79 Å². The van der Waals surface area contributed by atoms with Gasteiger partial charge in [-0.1, -0.05) is 23.7 Å². The number of hydrogen-bond donors (Lipinski definition) is 1. The van der Waals surface area contributed by atoms with E-state index in [-0.39, 0.29) is 11.5 Å². The molecule has 1 amide bonds. The molecule has 21 heavy (non-hydrogen) atoms. The number of anilines is 1. The molecule has 0 saturated heterocycles. The molecule has 0 bridgehead atoms. The Morgan fingerprint density at radius 3 is 2.52 bits per heavy atom. The van der Waals surface area contributed by atoms with E-state index in [4.69, 9.17) is 11.6 Å². The first kappa shape index (κ1) is 15.5. The van der Waals surface area contributed by atoms with Crippen LogP contribution in [0.25, 0.3) is 0 Å². The van der Waals surface area contributed by atoms with Crippen LogP contribution in [0.3, 0.4) is 0 Å². The second kappa shape index (κ2) is 6.74. The van der Waals surface area contributed by atoms with Crippen molar-refractivity contribution in [3.05, 3.63) is 63.1 Å². The van der Waals surface area contributed by atoms with Crippen LogP contribution in [0.2, 0.25) is 5.02 Å². The monoisotopic (exact) mass is 367 g/mol. The fourth-order valence-corrected chi connectivity index (χ4v) is 2.38. The summed E-state index contributed by atoms with van der Waals surface area (Å²) >= 11 is 9.18. The van der Waals surface area contributed by atoms with Gasteiger partial charge in [0.2, 0.25) is 0 Å². The van der Waals surface area contributed by atoms with Crippen molar-refractivity contribution in [1.29, 1.82) is 0 Å². The Morgan fingerprint density at radius 1 is 1.14 bits per heavy atom. The summed E-state index contributed by atoms with van der Waals surface area (Å²) in [6, 6.07) is 11.6. The minimum absolute atomic E-state index is 0.199. The molecule has 2 aromatic rings. The summed E-state index contributed by atoms with van der Waals surface area (Å²) in [5, 5.41) is 3.07. The highest BCUT2D eigenvalue weighted by atomic mass is 79.9. The first-order valence-electron chi connectivity index (χ1n) is 5.96. The number of halogens is 2. The van der Waals surface area contributed by atoms with Gasteiger partial charge in [0.05, 0.1) is 23.9 Å². The first-order valence-corrected chi connectivity index (χ1v) is 7.13. The van der Waals surface area contributed by atoms with Gasteiger partial charge in [-0.25, -0.2) is 4.79 Å². The summed E-state index contributed by atoms with van der Waals surface area (Å²) in [6.07, 6.45) is 0. The molecule has 0 fully saturated rings. The van der Waals surface area contributed by atoms with E-state index in [2.05, 4.69) is 26.0 Å². The van der Waals surface area contributed by atoms with Crippen molar-refractivity contribution in [2.45, 2.75) is 0 Å². The van der Waals surface area contributed by atoms with Crippen molar-refractivity contribution in [1.82, 2.24) is 0 Å². The highest BCUT2D eigenvalue weighted by molar-refractivity contribution is 9.10. The minimum atomic E-state index is -0.570. The summed E-state index contributed by atoms with van der Waals surface area (Å²) in [6.45, 7) is 0. The maximum Gasteiger partial charge on any atom is 0.340 e. The van der Waals surface area contributed by atoms with E-state index in [0.29, 0.717) is 20.7 Å². The van der Waals surface area contributed by atoms with Gasteiger partial charge in [-0.15, -0.1) is 0 Å². The number of methoxy groups -OCH3 is 1. The molecular weight excluding hydrogens is 358 g/mol. The number of benzene rings is 2. The number of carbonyl (C=O) groups is 2. The van der Waals surface area contributed by atoms with Crippen LogP contribution in [0.5, 0.6) is 0 Å². The van der Waals surface area contributed by atoms with Crippen LogP contribution >= 0.6 is 27.5 Å². The topological polar surface area (TPSA) is 55.4 Å². The molecule has 0 aliphatic rings. The van der Waals surface area contributed by atoms with Gasteiger partial charge in [-0.2, -0.15) is 0 Å². The third-order valence-electron chi connectivity index (χ3n) is 2.75. The first-order chi connectivity index (χ1) is 10.0. The highest BCUT2D eigenvalue weighted by Crippen LogP contribution is 2.23. The molecule has 4 nitrogen and oxygen atoms in total. The van der Waals surface area contributed by atoms with Crippen molar-refractivity contribution in [2.24, 2.45) is 0 Å². The van der Waals surface area contributed by atoms with Crippen LogP contribution in [-0.2, 0) is 4.74 Å². The summed E-state index contributed by atoms with van der Waals surface area (Å²) in [7, 11) is 1.27. The zero-order valence-corrected chi connectivity index (χ0v) is 13.4. The lowest BCUT2D eigenvalue weighted by atomic mass is 10.1. The van der Waals surface area contributed by atoms with E-state index in [9.17, 15) is 9.59 Å². The van der Waals surface area contributed by atoms with E-state index in [0.717, 1.165) is 0 Å². The Balaban J connectivity index is 2.34. The predicted molar refractivity (Wildman–Crippen MR) is 84.9 cm³/mol. The summed E-state index contributed by atoms with van der Waals surface area (Å²) < 4.78 is 5.35. The molecule has 0 radical (unpaired) electrons. The van der Waals surface area contributed by atoms with Crippen LogP contribution in [-0.4, -0.2) is 19.0 Å². The second-order valence-corrected chi connectivity index (χ2v) is 5.41. The molecule has 108 valence electrons. The SMILES string of the molecule is COC(=O)c1cc(Cl)ccc1NC(=O)c1ccccc1Br. The lowest BCUT2D eigenvalue weighted by Gasteiger charge is -2.11. The Labute approximate surface area is 135 Å². The number of amides is 1. The molecular formula is C15H11BrClNO3. The number of hydrogen-bond acceptors (Lipinski definition) is 3. The summed E-state index contributed by atoms with van der Waals surface area (Å²) in [4.78, 5) is 24.0. The molecule has 6 heteroatoms. The fourth-order valence-electron chi connectivity index (χ4n) is 1.74. The zero-order valence-electron chi connectivity index (χ0n) is 11.0. The molecule has 2 aromatic carbocycles. The Hall–Kier alpha value is -1.85. The number of carbonyl (C=O) groups excluding carboxylic acids is 2. The van der Waals surface area contributed by atoms with Crippen molar-refractivity contribution in [3.8, 4) is 0 Å². The van der Waals surface area contributed by atoms with Crippen LogP contribution < -0.4 is 5.32 Å². The Bertz CT molecular complexity index is 703. The van der Waals surface area contributed by atoms with Gasteiger partial charge in [-0.05, 0) is 46.3 Å². The molecule has 0 spiro atoms. The fraction of sp³-hybridized carbons (Fsp3) is 0.0667. The molecule has 0 heterocycles. The van der Waals surface area contributed by atoms with Crippen molar-refractivity contribution in [3.63, 3.8) is 0 Å². The zero-order chi connectivity index (χ0) is 15.4. The predicted octanol–water partition coefficient (Wildman–Crippen LogP) is 4.14. The summed E-state index contributed by atoms with van der Waals surface area (Å²) in [5.41, 5.74) is 1.00. The number of nitrogens with one attached hydrogen (secondary N) is 1. The quantitative estimate of drug-likeness (QED) is 0.828. The largest absolute Gasteiger partial charge is 0.465 e. The van der Waals surface area contributed by atoms with Crippen molar-refractivity contribution < 1.29 is 14.3 Å². The number of ether oxygens (including phenoxy) is 1. The van der Waals surface area contributed by atoms with E-state index in [1.807, 2.05) is 6.07 Å². The van der Waals surface area contributed by atoms with Crippen molar-refractivity contribution in [2.75, 3.05) is 12.4 Å². The van der Waals surface area contributed by atoms with Gasteiger partial charge in [0.25, 0.3) is 5.91 Å². The van der Waals surface area contributed by atoms with Gasteiger partial charge in [0.15, 0.2) is 0 Å². The normalized spacial score (nSPS) is 10.0. The average molecular weight is 369 g/mol. The molecule has 0 aliphatic carbocycles. The third kappa shape index (κ3) is 3.62. The van der Waals surface area contributed by atoms with Gasteiger partial charge in [0.1, 0.15) is 0 Å². The lowest BCUT2D eigenvalue weighted by molar-refractivity contribution is 0.0602. The molecule has 2 rings (SSSR count). The molecule has 0 aromatic heterocycles. The summed E-state index contributed by atoms with van der Waals surface area (Å²) in [5.74, 6) is -0.908. The molecule has 0 aliphatic heterocycles. The van der Waals surface area contributed by atoms with Crippen LogP contribution in [0.15, 0.2) is 46.9 Å². The Kier molecular flexibility index (Phi) is 4.98. The van der Waals surface area contributed by atoms with E-state index in [1.165, 1.54) is 13.2 Å². The van der Waals surface area contributed by atoms with Crippen LogP contribution in [0.4, 0.5) is 5.69 Å². The number of rotatable bonds is 3. The third-order valence-corrected chi connectivity index (χ3v) is 3.68. The van der Waals surface area contributed by atoms with E-state index < -0.39 is 5.97 Å². The maximum atomic E-state index is 12.3. The van der Waals surface area contributed by atoms with Crippen molar-refractivity contribution >= 4 is 45.1 Å². The molecule has 0 saturated carbocycles. The second-order valence-electron chi connectivity index (χ2n) is 4.12. The maximum absolute atomic E-state index is 12.3. The lowest BCUT2D eigenvalue weighted by Crippen LogP contribution is -2.15. The van der Waals surface area contributed by atoms with Gasteiger partial charge >= 0.3 is 5.97 Å². The smallest absolute Gasteiger partial charge is 0.340 e. The van der Waals surface area contributed by atoms with Crippen LogP contribution in [0.1, 0.15) is 20.7 Å². The van der Waals surface area contributed by atoms with Gasteiger partial charge < -0.3 is 10.1 Å². The highest BCUT2D eigenvalue weighted by Gasteiger charge is 2.16. The standard InChI is InChI=1S/C15H11BrClNO3/c1-21-15(20)11-8-9(17)6-7-13(11)18-14(19)10-4-2-3-5-12(10)16/h2-8H,1H3,(H,18,19). The van der Waals surface area contributed by atoms with Crippen LogP contribution in [0, 0.1) is 0 Å². The Morgan fingerprint density at radius 2 is 1.86 bits per heavy atom. The van der Waals surface area contributed by atoms with Gasteiger partial charge in [0, 0.05) is 9.50 Å². The minimum Gasteiger partial charge on any atom is -0.465 e. The average Bonchev–Trinajstić information content (AvgIpc) is 2.48. The van der Waals surface area contributed by atoms with E-state index >= 15 is 0 Å². The molecule has 1 N–H and O–H groups in total. The van der Waals surface area contributed by atoms with E-state index in [1.54, 1.807) is 30.3 Å². The molecule has 0 unspecified atom stereocenters. The number of esters is 1.